The highest BCUT2D eigenvalue weighted by Crippen LogP contribution is 2.32. The van der Waals surface area contributed by atoms with Crippen LogP contribution in [0.3, 0.4) is 0 Å². The Kier molecular flexibility index (Phi) is 3.47. The van der Waals surface area contributed by atoms with Gasteiger partial charge in [-0.2, -0.15) is 0 Å². The Labute approximate surface area is 134 Å². The van der Waals surface area contributed by atoms with Crippen LogP contribution in [0.25, 0.3) is 21.0 Å². The van der Waals surface area contributed by atoms with Gasteiger partial charge in [0.1, 0.15) is 0 Å². The van der Waals surface area contributed by atoms with Gasteiger partial charge in [0.25, 0.3) is 0 Å². The Morgan fingerprint density at radius 3 is 2.95 bits per heavy atom. The van der Waals surface area contributed by atoms with Gasteiger partial charge in [0.15, 0.2) is 10.8 Å². The standard InChI is InChI=1S/C17H20N4S/c1-11-3-5-13(19-10-11)12-4-6-15-14(9-12)20-17(22-15)16-18-7-8-21(16)2/h4,6-9,11,13,19H,3,5,10H2,1-2H3/t11-,13+/m0/s1. The third-order valence-corrected chi connectivity index (χ3v) is 5.52. The molecule has 0 spiro atoms. The molecular formula is C17H20N4S. The van der Waals surface area contributed by atoms with Gasteiger partial charge in [-0.05, 0) is 43.0 Å². The lowest BCUT2D eigenvalue weighted by Gasteiger charge is -2.28. The van der Waals surface area contributed by atoms with E-state index in [9.17, 15) is 0 Å². The van der Waals surface area contributed by atoms with Crippen LogP contribution in [-0.2, 0) is 7.05 Å². The van der Waals surface area contributed by atoms with E-state index in [1.165, 1.54) is 23.1 Å². The second-order valence-corrected chi connectivity index (χ2v) is 7.28. The summed E-state index contributed by atoms with van der Waals surface area (Å²) in [6.07, 6.45) is 6.29. The number of nitrogens with zero attached hydrogens (tertiary/aromatic N) is 3. The average Bonchev–Trinajstić information content (AvgIpc) is 3.12. The van der Waals surface area contributed by atoms with E-state index in [0.717, 1.165) is 28.8 Å². The Bertz CT molecular complexity index is 796. The summed E-state index contributed by atoms with van der Waals surface area (Å²) in [5.41, 5.74) is 2.44. The zero-order chi connectivity index (χ0) is 15.1. The summed E-state index contributed by atoms with van der Waals surface area (Å²) in [6.45, 7) is 3.42. The molecule has 3 heterocycles. The minimum Gasteiger partial charge on any atom is -0.332 e. The van der Waals surface area contributed by atoms with Gasteiger partial charge in [-0.3, -0.25) is 0 Å². The topological polar surface area (TPSA) is 42.7 Å². The third-order valence-electron chi connectivity index (χ3n) is 4.49. The van der Waals surface area contributed by atoms with E-state index < -0.39 is 0 Å². The minimum atomic E-state index is 0.471. The summed E-state index contributed by atoms with van der Waals surface area (Å²) in [5, 5.41) is 4.64. The first-order valence-corrected chi connectivity index (χ1v) is 8.64. The van der Waals surface area contributed by atoms with E-state index in [2.05, 4.69) is 35.4 Å². The van der Waals surface area contributed by atoms with Crippen LogP contribution >= 0.6 is 11.3 Å². The van der Waals surface area contributed by atoms with Crippen molar-refractivity contribution in [3.8, 4) is 10.8 Å². The van der Waals surface area contributed by atoms with Crippen molar-refractivity contribution in [2.45, 2.75) is 25.8 Å². The molecule has 0 radical (unpaired) electrons. The molecule has 1 aromatic carbocycles. The maximum Gasteiger partial charge on any atom is 0.168 e. The van der Waals surface area contributed by atoms with Crippen LogP contribution in [0, 0.1) is 5.92 Å². The molecule has 0 aliphatic carbocycles. The first-order chi connectivity index (χ1) is 10.7. The zero-order valence-electron chi connectivity index (χ0n) is 12.9. The number of benzene rings is 1. The van der Waals surface area contributed by atoms with E-state index in [-0.39, 0.29) is 0 Å². The quantitative estimate of drug-likeness (QED) is 0.783. The number of aromatic nitrogens is 3. The number of hydrogen-bond acceptors (Lipinski definition) is 4. The number of nitrogens with one attached hydrogen (secondary N) is 1. The maximum atomic E-state index is 4.79. The molecule has 0 bridgehead atoms. The summed E-state index contributed by atoms with van der Waals surface area (Å²) in [4.78, 5) is 9.19. The van der Waals surface area contributed by atoms with E-state index in [4.69, 9.17) is 4.98 Å². The lowest BCUT2D eigenvalue weighted by Crippen LogP contribution is -2.31. The highest BCUT2D eigenvalue weighted by molar-refractivity contribution is 7.21. The van der Waals surface area contributed by atoms with Gasteiger partial charge in [0.2, 0.25) is 0 Å². The molecule has 5 heteroatoms. The van der Waals surface area contributed by atoms with Crippen molar-refractivity contribution in [1.29, 1.82) is 0 Å². The summed E-state index contributed by atoms with van der Waals surface area (Å²) in [6, 6.07) is 7.16. The summed E-state index contributed by atoms with van der Waals surface area (Å²) < 4.78 is 3.24. The van der Waals surface area contributed by atoms with Gasteiger partial charge < -0.3 is 9.88 Å². The van der Waals surface area contributed by atoms with Gasteiger partial charge >= 0.3 is 0 Å². The second-order valence-electron chi connectivity index (χ2n) is 6.25. The molecule has 1 N–H and O–H groups in total. The normalized spacial score (nSPS) is 22.3. The number of hydrogen-bond donors (Lipinski definition) is 1. The number of aryl methyl sites for hydroxylation is 1. The molecule has 0 saturated carbocycles. The van der Waals surface area contributed by atoms with Gasteiger partial charge in [0, 0.05) is 25.5 Å². The van der Waals surface area contributed by atoms with Crippen molar-refractivity contribution in [3.63, 3.8) is 0 Å². The highest BCUT2D eigenvalue weighted by Gasteiger charge is 2.20. The molecule has 2 atom stereocenters. The number of rotatable bonds is 2. The molecule has 1 saturated heterocycles. The molecule has 1 aliphatic rings. The van der Waals surface area contributed by atoms with Gasteiger partial charge in [-0.25, -0.2) is 9.97 Å². The Morgan fingerprint density at radius 1 is 1.32 bits per heavy atom. The van der Waals surface area contributed by atoms with Crippen LogP contribution in [-0.4, -0.2) is 21.1 Å². The van der Waals surface area contributed by atoms with Crippen molar-refractivity contribution in [2.75, 3.05) is 6.54 Å². The van der Waals surface area contributed by atoms with Crippen molar-refractivity contribution in [3.05, 3.63) is 36.2 Å². The van der Waals surface area contributed by atoms with Crippen molar-refractivity contribution >= 4 is 21.6 Å². The van der Waals surface area contributed by atoms with Gasteiger partial charge in [-0.1, -0.05) is 13.0 Å². The number of imidazole rings is 1. The van der Waals surface area contributed by atoms with E-state index in [0.29, 0.717) is 6.04 Å². The van der Waals surface area contributed by atoms with Crippen LogP contribution in [0.15, 0.2) is 30.6 Å². The maximum absolute atomic E-state index is 4.79. The van der Waals surface area contributed by atoms with Crippen molar-refractivity contribution in [1.82, 2.24) is 19.9 Å². The predicted molar refractivity (Wildman–Crippen MR) is 91.0 cm³/mol. The van der Waals surface area contributed by atoms with Crippen molar-refractivity contribution < 1.29 is 0 Å². The van der Waals surface area contributed by atoms with Crippen LogP contribution < -0.4 is 5.32 Å². The van der Waals surface area contributed by atoms with E-state index >= 15 is 0 Å². The number of fused-ring (bicyclic) bond motifs is 1. The smallest absolute Gasteiger partial charge is 0.168 e. The first-order valence-electron chi connectivity index (χ1n) is 7.82. The van der Waals surface area contributed by atoms with Crippen LogP contribution in [0.4, 0.5) is 0 Å². The number of piperidine rings is 1. The lowest BCUT2D eigenvalue weighted by atomic mass is 9.92. The van der Waals surface area contributed by atoms with Gasteiger partial charge in [-0.15, -0.1) is 11.3 Å². The minimum absolute atomic E-state index is 0.471. The van der Waals surface area contributed by atoms with Crippen LogP contribution in [0.2, 0.25) is 0 Å². The molecular weight excluding hydrogens is 292 g/mol. The average molecular weight is 312 g/mol. The molecule has 1 aliphatic heterocycles. The number of thiazole rings is 1. The Balaban J connectivity index is 1.68. The Morgan fingerprint density at radius 2 is 2.23 bits per heavy atom. The zero-order valence-corrected chi connectivity index (χ0v) is 13.7. The summed E-state index contributed by atoms with van der Waals surface area (Å²) in [5.74, 6) is 1.72. The molecule has 114 valence electrons. The van der Waals surface area contributed by atoms with Crippen LogP contribution in [0.1, 0.15) is 31.4 Å². The highest BCUT2D eigenvalue weighted by atomic mass is 32.1. The van der Waals surface area contributed by atoms with Crippen LogP contribution in [0.5, 0.6) is 0 Å². The van der Waals surface area contributed by atoms with E-state index in [1.54, 1.807) is 11.3 Å². The lowest BCUT2D eigenvalue weighted by molar-refractivity contribution is 0.333. The molecule has 0 unspecified atom stereocenters. The second kappa shape index (κ2) is 5.48. The molecule has 1 fully saturated rings. The van der Waals surface area contributed by atoms with Crippen molar-refractivity contribution in [2.24, 2.45) is 13.0 Å². The molecule has 3 aromatic rings. The predicted octanol–water partition coefficient (Wildman–Crippen LogP) is 3.76. The monoisotopic (exact) mass is 312 g/mol. The fraction of sp³-hybridized carbons (Fsp3) is 0.412. The summed E-state index contributed by atoms with van der Waals surface area (Å²) >= 11 is 1.71. The molecule has 2 aromatic heterocycles. The molecule has 4 nitrogen and oxygen atoms in total. The first kappa shape index (κ1) is 13.9. The molecule has 4 rings (SSSR count). The largest absolute Gasteiger partial charge is 0.332 e. The fourth-order valence-electron chi connectivity index (χ4n) is 3.11. The van der Waals surface area contributed by atoms with Gasteiger partial charge in [0.05, 0.1) is 10.2 Å². The fourth-order valence-corrected chi connectivity index (χ4v) is 4.10. The SMILES string of the molecule is C[C@H]1CC[C@H](c2ccc3sc(-c4nccn4C)nc3c2)NC1. The third kappa shape index (κ3) is 2.44. The summed E-state index contributed by atoms with van der Waals surface area (Å²) in [7, 11) is 2.01. The Hall–Kier alpha value is -1.72. The van der Waals surface area contributed by atoms with E-state index in [1.807, 2.05) is 24.0 Å². The molecule has 22 heavy (non-hydrogen) atoms. The molecule has 0 amide bonds.